The molecule has 3 rings (SSSR count). The average molecular weight is 450 g/mol. The van der Waals surface area contributed by atoms with Crippen molar-refractivity contribution in [3.8, 4) is 16.9 Å². The molecular formula is C25H30F3NO3. The molecular weight excluding hydrogens is 419 g/mol. The van der Waals surface area contributed by atoms with Gasteiger partial charge in [-0.05, 0) is 73.4 Å². The summed E-state index contributed by atoms with van der Waals surface area (Å²) in [5, 5.41) is 0. The van der Waals surface area contributed by atoms with Gasteiger partial charge in [0.1, 0.15) is 5.75 Å². The predicted molar refractivity (Wildman–Crippen MR) is 118 cm³/mol. The van der Waals surface area contributed by atoms with Crippen molar-refractivity contribution in [2.24, 2.45) is 11.8 Å². The summed E-state index contributed by atoms with van der Waals surface area (Å²) in [5.74, 6) is 0.273. The van der Waals surface area contributed by atoms with Crippen LogP contribution in [0.15, 0.2) is 36.4 Å². The van der Waals surface area contributed by atoms with Gasteiger partial charge in [0.25, 0.3) is 0 Å². The van der Waals surface area contributed by atoms with Gasteiger partial charge in [0.15, 0.2) is 0 Å². The molecule has 1 fully saturated rings. The van der Waals surface area contributed by atoms with Crippen molar-refractivity contribution in [2.75, 3.05) is 18.9 Å². The second-order valence-electron chi connectivity index (χ2n) is 8.75. The maximum absolute atomic E-state index is 13.0. The van der Waals surface area contributed by atoms with Crippen LogP contribution in [0.2, 0.25) is 0 Å². The molecule has 1 aliphatic carbocycles. The number of halogens is 3. The number of carbonyl (C=O) groups excluding carboxylic acids is 1. The number of anilines is 1. The Morgan fingerprint density at radius 2 is 1.81 bits per heavy atom. The minimum atomic E-state index is -4.42. The first-order chi connectivity index (χ1) is 15.1. The lowest BCUT2D eigenvalue weighted by Crippen LogP contribution is -2.18. The molecule has 2 aromatic carbocycles. The zero-order chi connectivity index (χ0) is 23.5. The average Bonchev–Trinajstić information content (AvgIpc) is 3.54. The summed E-state index contributed by atoms with van der Waals surface area (Å²) in [5.41, 5.74) is 7.77. The van der Waals surface area contributed by atoms with Crippen molar-refractivity contribution in [1.29, 1.82) is 0 Å². The Bertz CT molecular complexity index is 935. The smallest absolute Gasteiger partial charge is 0.416 e. The van der Waals surface area contributed by atoms with Crippen LogP contribution in [0, 0.1) is 11.8 Å². The van der Waals surface area contributed by atoms with E-state index in [1.54, 1.807) is 19.1 Å². The van der Waals surface area contributed by atoms with Gasteiger partial charge in [-0.15, -0.1) is 0 Å². The zero-order valence-electron chi connectivity index (χ0n) is 18.7. The molecule has 32 heavy (non-hydrogen) atoms. The predicted octanol–water partition coefficient (Wildman–Crippen LogP) is 6.44. The van der Waals surface area contributed by atoms with Crippen molar-refractivity contribution >= 4 is 11.7 Å². The number of benzene rings is 2. The van der Waals surface area contributed by atoms with E-state index >= 15 is 0 Å². The molecule has 2 aromatic rings. The van der Waals surface area contributed by atoms with Crippen LogP contribution in [-0.2, 0) is 15.7 Å². The van der Waals surface area contributed by atoms with Crippen LogP contribution in [-0.4, -0.2) is 19.2 Å². The molecule has 2 N–H and O–H groups in total. The second-order valence-corrected chi connectivity index (χ2v) is 8.75. The van der Waals surface area contributed by atoms with Crippen molar-refractivity contribution in [2.45, 2.75) is 52.1 Å². The van der Waals surface area contributed by atoms with Gasteiger partial charge in [-0.1, -0.05) is 26.0 Å². The quantitative estimate of drug-likeness (QED) is 0.354. The third-order valence-corrected chi connectivity index (χ3v) is 5.50. The Balaban J connectivity index is 2.06. The third-order valence-electron chi connectivity index (χ3n) is 5.50. The van der Waals surface area contributed by atoms with Gasteiger partial charge in [-0.3, -0.25) is 4.79 Å². The summed E-state index contributed by atoms with van der Waals surface area (Å²) >= 11 is 0. The van der Waals surface area contributed by atoms with E-state index in [1.807, 2.05) is 13.8 Å². The molecule has 0 bridgehead atoms. The van der Waals surface area contributed by atoms with Crippen LogP contribution >= 0.6 is 0 Å². The molecule has 0 amide bonds. The summed E-state index contributed by atoms with van der Waals surface area (Å²) in [6.45, 7) is 6.54. The third kappa shape index (κ3) is 5.96. The highest BCUT2D eigenvalue weighted by Gasteiger charge is 2.31. The summed E-state index contributed by atoms with van der Waals surface area (Å²) in [6.07, 6.45) is -1.68. The molecule has 1 unspecified atom stereocenters. The van der Waals surface area contributed by atoms with Crippen LogP contribution in [0.1, 0.15) is 57.1 Å². The fourth-order valence-electron chi connectivity index (χ4n) is 3.66. The van der Waals surface area contributed by atoms with Crippen LogP contribution in [0.4, 0.5) is 18.9 Å². The van der Waals surface area contributed by atoms with E-state index in [9.17, 15) is 18.0 Å². The van der Waals surface area contributed by atoms with Crippen LogP contribution in [0.5, 0.6) is 5.75 Å². The summed E-state index contributed by atoms with van der Waals surface area (Å²) in [6, 6.07) is 8.42. The topological polar surface area (TPSA) is 61.5 Å². The molecule has 174 valence electrons. The Hall–Kier alpha value is -2.70. The van der Waals surface area contributed by atoms with E-state index in [4.69, 9.17) is 15.2 Å². The van der Waals surface area contributed by atoms with E-state index < -0.39 is 17.7 Å². The van der Waals surface area contributed by atoms with Crippen LogP contribution in [0.25, 0.3) is 11.1 Å². The molecule has 0 spiro atoms. The standard InChI is InChI=1S/C25H30F3NO3/c1-4-31-24(30)21(11-15(2)3)18-12-20(17-7-9-19(10-8-17)25(26,27)28)23(22(29)13-18)32-14-16-5-6-16/h7-10,12-13,15-16,21H,4-6,11,14,29H2,1-3H3. The number of rotatable bonds is 9. The Morgan fingerprint density at radius 1 is 1.16 bits per heavy atom. The van der Waals surface area contributed by atoms with Gasteiger partial charge in [-0.25, -0.2) is 0 Å². The van der Waals surface area contributed by atoms with Gasteiger partial charge in [-0.2, -0.15) is 13.2 Å². The first kappa shape index (κ1) is 24.0. The second kappa shape index (κ2) is 9.84. The number of ether oxygens (including phenoxy) is 2. The lowest BCUT2D eigenvalue weighted by Gasteiger charge is -2.22. The van der Waals surface area contributed by atoms with Crippen LogP contribution in [0.3, 0.4) is 0 Å². The first-order valence-corrected chi connectivity index (χ1v) is 11.0. The number of hydrogen-bond donors (Lipinski definition) is 1. The normalized spacial score (nSPS) is 15.0. The minimum absolute atomic E-state index is 0.228. The molecule has 0 aromatic heterocycles. The monoisotopic (exact) mass is 449 g/mol. The number of hydrogen-bond acceptors (Lipinski definition) is 4. The molecule has 1 saturated carbocycles. The molecule has 7 heteroatoms. The van der Waals surface area contributed by atoms with Crippen molar-refractivity contribution in [3.63, 3.8) is 0 Å². The highest BCUT2D eigenvalue weighted by Crippen LogP contribution is 2.42. The SMILES string of the molecule is CCOC(=O)C(CC(C)C)c1cc(N)c(OCC2CC2)c(-c2ccc(C(F)(F)F)cc2)c1. The van der Waals surface area contributed by atoms with E-state index in [0.717, 1.165) is 25.0 Å². The first-order valence-electron chi connectivity index (χ1n) is 11.0. The summed E-state index contributed by atoms with van der Waals surface area (Å²) < 4.78 is 50.4. The number of nitrogens with two attached hydrogens (primary N) is 1. The molecule has 1 atom stereocenters. The van der Waals surface area contributed by atoms with Gasteiger partial charge in [0.2, 0.25) is 0 Å². The van der Waals surface area contributed by atoms with E-state index in [0.29, 0.717) is 47.1 Å². The van der Waals surface area contributed by atoms with Crippen molar-refractivity contribution in [1.82, 2.24) is 0 Å². The van der Waals surface area contributed by atoms with E-state index in [1.165, 1.54) is 12.1 Å². The highest BCUT2D eigenvalue weighted by atomic mass is 19.4. The zero-order valence-corrected chi connectivity index (χ0v) is 18.7. The molecule has 0 aliphatic heterocycles. The number of carbonyl (C=O) groups is 1. The molecule has 1 aliphatic rings. The number of esters is 1. The maximum Gasteiger partial charge on any atom is 0.416 e. The van der Waals surface area contributed by atoms with Gasteiger partial charge >= 0.3 is 12.1 Å². The van der Waals surface area contributed by atoms with Gasteiger partial charge in [0, 0.05) is 5.56 Å². The Kier molecular flexibility index (Phi) is 7.36. The van der Waals surface area contributed by atoms with Crippen molar-refractivity contribution in [3.05, 3.63) is 47.5 Å². The summed E-state index contributed by atoms with van der Waals surface area (Å²) in [4.78, 5) is 12.7. The number of alkyl halides is 3. The van der Waals surface area contributed by atoms with E-state index in [-0.39, 0.29) is 18.5 Å². The lowest BCUT2D eigenvalue weighted by atomic mass is 9.87. The Labute approximate surface area is 186 Å². The summed E-state index contributed by atoms with van der Waals surface area (Å²) in [7, 11) is 0. The molecule has 4 nitrogen and oxygen atoms in total. The van der Waals surface area contributed by atoms with Crippen molar-refractivity contribution < 1.29 is 27.4 Å². The highest BCUT2D eigenvalue weighted by molar-refractivity contribution is 5.83. The van der Waals surface area contributed by atoms with Gasteiger partial charge < -0.3 is 15.2 Å². The fraction of sp³-hybridized carbons (Fsp3) is 0.480. The molecule has 0 saturated heterocycles. The minimum Gasteiger partial charge on any atom is -0.490 e. The van der Waals surface area contributed by atoms with E-state index in [2.05, 4.69) is 0 Å². The maximum atomic E-state index is 13.0. The largest absolute Gasteiger partial charge is 0.490 e. The molecule has 0 heterocycles. The lowest BCUT2D eigenvalue weighted by molar-refractivity contribution is -0.145. The molecule has 0 radical (unpaired) electrons. The van der Waals surface area contributed by atoms with Gasteiger partial charge in [0.05, 0.1) is 30.4 Å². The Morgan fingerprint density at radius 3 is 2.34 bits per heavy atom. The fourth-order valence-corrected chi connectivity index (χ4v) is 3.66. The number of nitrogen functional groups attached to an aromatic ring is 1. The van der Waals surface area contributed by atoms with Crippen LogP contribution < -0.4 is 10.5 Å².